The zero-order valence-corrected chi connectivity index (χ0v) is 14.5. The van der Waals surface area contributed by atoms with E-state index >= 15 is 0 Å². The summed E-state index contributed by atoms with van der Waals surface area (Å²) in [5, 5.41) is 2.95. The first kappa shape index (κ1) is 16.0. The van der Waals surface area contributed by atoms with Gasteiger partial charge in [-0.05, 0) is 47.6 Å². The molecule has 3 aromatic rings. The second kappa shape index (κ2) is 6.76. The molecule has 0 bridgehead atoms. The summed E-state index contributed by atoms with van der Waals surface area (Å²) in [6.45, 7) is 0.933. The van der Waals surface area contributed by atoms with E-state index in [1.54, 1.807) is 0 Å². The van der Waals surface area contributed by atoms with Crippen LogP contribution in [-0.2, 0) is 24.2 Å². The lowest BCUT2D eigenvalue weighted by Gasteiger charge is -2.08. The van der Waals surface area contributed by atoms with Crippen molar-refractivity contribution in [3.8, 4) is 0 Å². The second-order valence-electron chi connectivity index (χ2n) is 6.23. The minimum atomic E-state index is -0.315. The van der Waals surface area contributed by atoms with Gasteiger partial charge in [0.25, 0.3) is 5.24 Å². The van der Waals surface area contributed by atoms with Gasteiger partial charge in [0.15, 0.2) is 0 Å². The number of aromatic nitrogens is 1. The van der Waals surface area contributed by atoms with Gasteiger partial charge in [-0.15, -0.1) is 0 Å². The number of fused-ring (bicyclic) bond motifs is 1. The third-order valence-electron chi connectivity index (χ3n) is 4.51. The molecule has 126 valence electrons. The molecule has 1 fully saturated rings. The van der Waals surface area contributed by atoms with E-state index < -0.39 is 0 Å². The molecule has 1 aliphatic rings. The number of benzene rings is 2. The van der Waals surface area contributed by atoms with Crippen molar-refractivity contribution in [2.75, 3.05) is 0 Å². The fourth-order valence-corrected chi connectivity index (χ4v) is 4.07. The summed E-state index contributed by atoms with van der Waals surface area (Å²) in [7, 11) is 0. The summed E-state index contributed by atoms with van der Waals surface area (Å²) in [6, 6.07) is 18.8. The van der Waals surface area contributed by atoms with Crippen molar-refractivity contribution in [2.45, 2.75) is 24.6 Å². The van der Waals surface area contributed by atoms with Crippen LogP contribution in [0.2, 0.25) is 0 Å². The molecule has 1 unspecified atom stereocenters. The topological polar surface area (TPSA) is 51.1 Å². The van der Waals surface area contributed by atoms with E-state index in [-0.39, 0.29) is 16.4 Å². The highest BCUT2D eigenvalue weighted by Crippen LogP contribution is 2.25. The third-order valence-corrected chi connectivity index (χ3v) is 5.49. The van der Waals surface area contributed by atoms with Crippen LogP contribution >= 0.6 is 11.8 Å². The van der Waals surface area contributed by atoms with Crippen LogP contribution in [0.4, 0.5) is 4.79 Å². The zero-order valence-electron chi connectivity index (χ0n) is 13.6. The Kier molecular flexibility index (Phi) is 4.32. The second-order valence-corrected chi connectivity index (χ2v) is 7.40. The number of thioether (sulfide) groups is 1. The van der Waals surface area contributed by atoms with Gasteiger partial charge >= 0.3 is 0 Å². The normalized spacial score (nSPS) is 17.2. The van der Waals surface area contributed by atoms with Crippen LogP contribution in [0, 0.1) is 0 Å². The maximum atomic E-state index is 11.7. The summed E-state index contributed by atoms with van der Waals surface area (Å²) in [5.41, 5.74) is 3.60. The molecule has 1 aromatic heterocycles. The lowest BCUT2D eigenvalue weighted by atomic mass is 10.1. The molecule has 1 aliphatic heterocycles. The Bertz CT molecular complexity index is 933. The number of nitrogens with zero attached hydrogens (tertiary/aromatic N) is 1. The van der Waals surface area contributed by atoms with Gasteiger partial charge in [-0.25, -0.2) is 0 Å². The highest BCUT2D eigenvalue weighted by molar-refractivity contribution is 8.15. The van der Waals surface area contributed by atoms with E-state index in [0.29, 0.717) is 6.42 Å². The lowest BCUT2D eigenvalue weighted by molar-refractivity contribution is -0.118. The molecule has 25 heavy (non-hydrogen) atoms. The molecule has 0 saturated carbocycles. The molecular weight excluding hydrogens is 332 g/mol. The van der Waals surface area contributed by atoms with Crippen LogP contribution in [-0.4, -0.2) is 21.0 Å². The first-order valence-electron chi connectivity index (χ1n) is 8.32. The van der Waals surface area contributed by atoms with Crippen molar-refractivity contribution in [1.29, 1.82) is 0 Å². The maximum Gasteiger partial charge on any atom is 0.286 e. The third kappa shape index (κ3) is 3.46. The average Bonchev–Trinajstić information content (AvgIpc) is 3.16. The van der Waals surface area contributed by atoms with E-state index in [4.69, 9.17) is 0 Å². The summed E-state index contributed by atoms with van der Waals surface area (Å²) in [4.78, 5) is 23.0. The number of aryl methyl sites for hydroxylation is 2. The highest BCUT2D eigenvalue weighted by Gasteiger charge is 2.31. The zero-order chi connectivity index (χ0) is 17.2. The van der Waals surface area contributed by atoms with Crippen molar-refractivity contribution in [2.24, 2.45) is 0 Å². The first-order valence-corrected chi connectivity index (χ1v) is 9.20. The van der Waals surface area contributed by atoms with Crippen molar-refractivity contribution in [3.05, 3.63) is 71.9 Å². The van der Waals surface area contributed by atoms with Crippen LogP contribution in [0.3, 0.4) is 0 Å². The lowest BCUT2D eigenvalue weighted by Crippen LogP contribution is -2.25. The molecule has 0 aliphatic carbocycles. The van der Waals surface area contributed by atoms with Crippen molar-refractivity contribution in [1.82, 2.24) is 9.88 Å². The number of imide groups is 1. The molecule has 1 atom stereocenters. The van der Waals surface area contributed by atoms with Gasteiger partial charge in [-0.3, -0.25) is 14.9 Å². The molecule has 5 heteroatoms. The summed E-state index contributed by atoms with van der Waals surface area (Å²) >= 11 is 1.08. The SMILES string of the molecule is O=C1NC(=O)C(Cc2ccc3c(ccn3CCc3ccccc3)c2)S1. The molecule has 2 heterocycles. The number of carbonyl (C=O) groups is 2. The molecule has 2 aromatic carbocycles. The Morgan fingerprint density at radius 2 is 1.84 bits per heavy atom. The Morgan fingerprint density at radius 1 is 1.00 bits per heavy atom. The van der Waals surface area contributed by atoms with Crippen molar-refractivity contribution < 1.29 is 9.59 Å². The highest BCUT2D eigenvalue weighted by atomic mass is 32.2. The molecule has 1 saturated heterocycles. The van der Waals surface area contributed by atoms with Crippen molar-refractivity contribution >= 4 is 33.8 Å². The minimum absolute atomic E-state index is 0.185. The Balaban J connectivity index is 1.49. The van der Waals surface area contributed by atoms with Gasteiger partial charge in [-0.2, -0.15) is 0 Å². The number of rotatable bonds is 5. The average molecular weight is 350 g/mol. The molecule has 2 amide bonds. The molecule has 0 spiro atoms. The van der Waals surface area contributed by atoms with E-state index in [1.807, 2.05) is 6.07 Å². The Hall–Kier alpha value is -2.53. The Labute approximate surface area is 150 Å². The first-order chi connectivity index (χ1) is 12.2. The van der Waals surface area contributed by atoms with Crippen LogP contribution in [0.1, 0.15) is 11.1 Å². The van der Waals surface area contributed by atoms with Gasteiger partial charge in [-0.1, -0.05) is 48.2 Å². The standard InChI is InChI=1S/C20H18N2O2S/c23-19-18(25-20(24)21-19)13-15-6-7-17-16(12-15)9-11-22(17)10-8-14-4-2-1-3-5-14/h1-7,9,11-12,18H,8,10,13H2,(H,21,23,24). The predicted octanol–water partition coefficient (Wildman–Crippen LogP) is 3.78. The molecule has 0 radical (unpaired) electrons. The van der Waals surface area contributed by atoms with Crippen LogP contribution in [0.15, 0.2) is 60.8 Å². The van der Waals surface area contributed by atoms with Gasteiger partial charge < -0.3 is 4.57 Å². The van der Waals surface area contributed by atoms with Gasteiger partial charge in [0.2, 0.25) is 5.91 Å². The van der Waals surface area contributed by atoms with Crippen LogP contribution in [0.25, 0.3) is 10.9 Å². The molecule has 4 rings (SSSR count). The minimum Gasteiger partial charge on any atom is -0.347 e. The van der Waals surface area contributed by atoms with E-state index in [2.05, 4.69) is 64.6 Å². The number of hydrogen-bond acceptors (Lipinski definition) is 3. The summed E-state index contributed by atoms with van der Waals surface area (Å²) < 4.78 is 2.26. The predicted molar refractivity (Wildman–Crippen MR) is 101 cm³/mol. The fraction of sp³-hybridized carbons (Fsp3) is 0.200. The summed E-state index contributed by atoms with van der Waals surface area (Å²) in [6.07, 6.45) is 3.68. The smallest absolute Gasteiger partial charge is 0.286 e. The van der Waals surface area contributed by atoms with Crippen LogP contribution < -0.4 is 5.32 Å². The molecule has 4 nitrogen and oxygen atoms in total. The van der Waals surface area contributed by atoms with Crippen molar-refractivity contribution in [3.63, 3.8) is 0 Å². The number of hydrogen-bond donors (Lipinski definition) is 1. The number of nitrogens with one attached hydrogen (secondary N) is 1. The molecule has 1 N–H and O–H groups in total. The Morgan fingerprint density at radius 3 is 2.60 bits per heavy atom. The van der Waals surface area contributed by atoms with Gasteiger partial charge in [0.05, 0.1) is 5.25 Å². The number of amides is 2. The van der Waals surface area contributed by atoms with Crippen LogP contribution in [0.5, 0.6) is 0 Å². The summed E-state index contributed by atoms with van der Waals surface area (Å²) in [5.74, 6) is -0.185. The van der Waals surface area contributed by atoms with E-state index in [1.165, 1.54) is 16.5 Å². The van der Waals surface area contributed by atoms with E-state index in [9.17, 15) is 9.59 Å². The van der Waals surface area contributed by atoms with Gasteiger partial charge in [0.1, 0.15) is 0 Å². The largest absolute Gasteiger partial charge is 0.347 e. The monoisotopic (exact) mass is 350 g/mol. The number of carbonyl (C=O) groups excluding carboxylic acids is 2. The quantitative estimate of drug-likeness (QED) is 0.762. The fourth-order valence-electron chi connectivity index (χ4n) is 3.21. The van der Waals surface area contributed by atoms with E-state index in [0.717, 1.165) is 30.3 Å². The maximum absolute atomic E-state index is 11.7. The molecular formula is C20H18N2O2S. The van der Waals surface area contributed by atoms with Gasteiger partial charge in [0, 0.05) is 18.3 Å².